The molecule has 0 unspecified atom stereocenters. The average Bonchev–Trinajstić information content (AvgIpc) is 3.34. The Hall–Kier alpha value is -2.48. The van der Waals surface area contributed by atoms with Crippen LogP contribution >= 0.6 is 0 Å². The van der Waals surface area contributed by atoms with Crippen molar-refractivity contribution in [2.75, 3.05) is 19.6 Å². The van der Waals surface area contributed by atoms with Crippen molar-refractivity contribution < 1.29 is 22.4 Å². The summed E-state index contributed by atoms with van der Waals surface area (Å²) in [5.41, 5.74) is -0.0118. The number of nitrogens with zero attached hydrogens (tertiary/aromatic N) is 1. The van der Waals surface area contributed by atoms with E-state index < -0.39 is 18.2 Å². The van der Waals surface area contributed by atoms with E-state index in [9.17, 15) is 18.0 Å². The predicted molar refractivity (Wildman–Crippen MR) is 94.0 cm³/mol. The Bertz CT molecular complexity index is 714. The maximum Gasteiger partial charge on any atom is 0.412 e. The Morgan fingerprint density at radius 3 is 2.41 bits per heavy atom. The molecule has 2 aromatic rings. The zero-order valence-corrected chi connectivity index (χ0v) is 14.7. The molecule has 0 aliphatic carbocycles. The molecule has 1 fully saturated rings. The van der Waals surface area contributed by atoms with Gasteiger partial charge in [0, 0.05) is 6.54 Å². The van der Waals surface area contributed by atoms with Gasteiger partial charge in [-0.05, 0) is 43.6 Å². The molecule has 1 aliphatic heterocycles. The molecule has 1 saturated heterocycles. The number of urea groups is 1. The van der Waals surface area contributed by atoms with Crippen molar-refractivity contribution >= 4 is 6.03 Å². The molecule has 146 valence electrons. The van der Waals surface area contributed by atoms with Gasteiger partial charge in [-0.2, -0.15) is 13.2 Å². The van der Waals surface area contributed by atoms with Gasteiger partial charge in [-0.3, -0.25) is 4.90 Å². The van der Waals surface area contributed by atoms with Crippen LogP contribution < -0.4 is 10.6 Å². The number of alkyl halides is 3. The van der Waals surface area contributed by atoms with Crippen molar-refractivity contribution in [1.29, 1.82) is 0 Å². The van der Waals surface area contributed by atoms with Crippen LogP contribution in [0.1, 0.15) is 36.2 Å². The summed E-state index contributed by atoms with van der Waals surface area (Å²) >= 11 is 0. The highest BCUT2D eigenvalue weighted by molar-refractivity contribution is 5.74. The van der Waals surface area contributed by atoms with Crippen LogP contribution in [0.5, 0.6) is 0 Å². The highest BCUT2D eigenvalue weighted by Crippen LogP contribution is 2.32. The third-order valence-electron chi connectivity index (χ3n) is 4.64. The highest BCUT2D eigenvalue weighted by atomic mass is 19.4. The second-order valence-corrected chi connectivity index (χ2v) is 6.51. The Balaban J connectivity index is 1.64. The lowest BCUT2D eigenvalue weighted by Crippen LogP contribution is -2.46. The van der Waals surface area contributed by atoms with E-state index in [0.29, 0.717) is 5.76 Å². The van der Waals surface area contributed by atoms with Gasteiger partial charge in [-0.15, -0.1) is 0 Å². The van der Waals surface area contributed by atoms with Gasteiger partial charge < -0.3 is 15.1 Å². The zero-order valence-electron chi connectivity index (χ0n) is 14.7. The molecule has 5 nitrogen and oxygen atoms in total. The fourth-order valence-electron chi connectivity index (χ4n) is 3.31. The van der Waals surface area contributed by atoms with Crippen molar-refractivity contribution in [1.82, 2.24) is 15.5 Å². The standard InChI is InChI=1S/C19H22F3N3O2/c20-19(21,22)17(14-7-2-1-3-8-14)24-18(26)23-13-15(16-9-6-12-27-16)25-10-4-5-11-25/h1-3,6-9,12,15,17H,4-5,10-11,13H2,(H2,23,24,26)/t15-,17+/m0/s1. The molecule has 1 aromatic carbocycles. The number of nitrogens with one attached hydrogen (secondary N) is 2. The SMILES string of the molecule is O=C(NC[C@@H](c1ccco1)N1CCCC1)N[C@H](c1ccccc1)C(F)(F)F. The normalized spacial score (nSPS) is 17.4. The fourth-order valence-corrected chi connectivity index (χ4v) is 3.31. The summed E-state index contributed by atoms with van der Waals surface area (Å²) in [6, 6.07) is 7.77. The maximum atomic E-state index is 13.4. The number of carbonyl (C=O) groups excluding carboxylic acids is 1. The van der Waals surface area contributed by atoms with E-state index in [2.05, 4.69) is 10.2 Å². The third kappa shape index (κ3) is 5.03. The van der Waals surface area contributed by atoms with Crippen molar-refractivity contribution in [3.63, 3.8) is 0 Å². The lowest BCUT2D eigenvalue weighted by Gasteiger charge is -2.27. The Kier molecular flexibility index (Phi) is 6.05. The lowest BCUT2D eigenvalue weighted by molar-refractivity contribution is -0.154. The second-order valence-electron chi connectivity index (χ2n) is 6.51. The highest BCUT2D eigenvalue weighted by Gasteiger charge is 2.42. The summed E-state index contributed by atoms with van der Waals surface area (Å²) in [5.74, 6) is 0.688. The number of carbonyl (C=O) groups is 1. The lowest BCUT2D eigenvalue weighted by atomic mass is 10.1. The number of hydrogen-bond acceptors (Lipinski definition) is 3. The molecule has 2 atom stereocenters. The van der Waals surface area contributed by atoms with Crippen molar-refractivity contribution in [2.45, 2.75) is 31.1 Å². The average molecular weight is 381 g/mol. The molecule has 1 aromatic heterocycles. The monoisotopic (exact) mass is 381 g/mol. The van der Waals surface area contributed by atoms with Crippen molar-refractivity contribution in [3.05, 3.63) is 60.1 Å². The van der Waals surface area contributed by atoms with E-state index in [1.54, 1.807) is 18.4 Å². The minimum Gasteiger partial charge on any atom is -0.468 e. The van der Waals surface area contributed by atoms with Crippen LogP contribution in [0.25, 0.3) is 0 Å². The van der Waals surface area contributed by atoms with Crippen LogP contribution in [0.2, 0.25) is 0 Å². The van der Waals surface area contributed by atoms with Gasteiger partial charge in [0.2, 0.25) is 0 Å². The first-order valence-corrected chi connectivity index (χ1v) is 8.88. The van der Waals surface area contributed by atoms with E-state index in [1.807, 2.05) is 11.4 Å². The van der Waals surface area contributed by atoms with Gasteiger partial charge >= 0.3 is 12.2 Å². The minimum absolute atomic E-state index is 0.0118. The number of hydrogen-bond donors (Lipinski definition) is 2. The number of halogens is 3. The Labute approximate surface area is 155 Å². The van der Waals surface area contributed by atoms with Crippen LogP contribution in [-0.4, -0.2) is 36.7 Å². The molecule has 0 spiro atoms. The van der Waals surface area contributed by atoms with Crippen LogP contribution in [0.15, 0.2) is 53.1 Å². The largest absolute Gasteiger partial charge is 0.468 e. The first-order valence-electron chi connectivity index (χ1n) is 8.88. The molecule has 0 radical (unpaired) electrons. The molecule has 0 saturated carbocycles. The van der Waals surface area contributed by atoms with Gasteiger partial charge in [-0.25, -0.2) is 4.79 Å². The topological polar surface area (TPSA) is 57.5 Å². The molecule has 2 amide bonds. The summed E-state index contributed by atoms with van der Waals surface area (Å²) in [7, 11) is 0. The molecule has 8 heteroatoms. The molecule has 0 bridgehead atoms. The van der Waals surface area contributed by atoms with Gasteiger partial charge in [0.25, 0.3) is 0 Å². The molecular formula is C19H22F3N3O2. The molecule has 1 aliphatic rings. The summed E-state index contributed by atoms with van der Waals surface area (Å²) < 4.78 is 45.6. The third-order valence-corrected chi connectivity index (χ3v) is 4.64. The summed E-state index contributed by atoms with van der Waals surface area (Å²) in [6.45, 7) is 1.90. The second kappa shape index (κ2) is 8.47. The smallest absolute Gasteiger partial charge is 0.412 e. The number of furan rings is 1. The minimum atomic E-state index is -4.59. The molecule has 27 heavy (non-hydrogen) atoms. The molecule has 3 rings (SSSR count). The number of likely N-dealkylation sites (tertiary alicyclic amines) is 1. The summed E-state index contributed by atoms with van der Waals surface area (Å²) in [5, 5.41) is 4.61. The quantitative estimate of drug-likeness (QED) is 0.795. The van der Waals surface area contributed by atoms with E-state index in [1.165, 1.54) is 24.3 Å². The fraction of sp³-hybridized carbons (Fsp3) is 0.421. The number of amides is 2. The Morgan fingerprint density at radius 2 is 1.81 bits per heavy atom. The first kappa shape index (κ1) is 19.3. The summed E-state index contributed by atoms with van der Waals surface area (Å²) in [6.07, 6.45) is -0.942. The van der Waals surface area contributed by atoms with Gasteiger partial charge in [0.15, 0.2) is 6.04 Å². The predicted octanol–water partition coefficient (Wildman–Crippen LogP) is 4.02. The maximum absolute atomic E-state index is 13.4. The number of benzene rings is 1. The number of rotatable bonds is 6. The molecular weight excluding hydrogens is 359 g/mol. The molecule has 2 heterocycles. The van der Waals surface area contributed by atoms with Gasteiger partial charge in [0.05, 0.1) is 12.3 Å². The van der Waals surface area contributed by atoms with Crippen LogP contribution in [-0.2, 0) is 0 Å². The van der Waals surface area contributed by atoms with Gasteiger partial charge in [-0.1, -0.05) is 30.3 Å². The van der Waals surface area contributed by atoms with Crippen LogP contribution in [0.3, 0.4) is 0 Å². The summed E-state index contributed by atoms with van der Waals surface area (Å²) in [4.78, 5) is 14.4. The van der Waals surface area contributed by atoms with Gasteiger partial charge in [0.1, 0.15) is 5.76 Å². The van der Waals surface area contributed by atoms with Crippen LogP contribution in [0, 0.1) is 0 Å². The van der Waals surface area contributed by atoms with E-state index in [-0.39, 0.29) is 18.2 Å². The zero-order chi connectivity index (χ0) is 19.3. The Morgan fingerprint density at radius 1 is 1.11 bits per heavy atom. The van der Waals surface area contributed by atoms with Crippen molar-refractivity contribution in [2.24, 2.45) is 0 Å². The van der Waals surface area contributed by atoms with E-state index >= 15 is 0 Å². The molecule has 2 N–H and O–H groups in total. The van der Waals surface area contributed by atoms with Crippen molar-refractivity contribution in [3.8, 4) is 0 Å². The van der Waals surface area contributed by atoms with Crippen LogP contribution in [0.4, 0.5) is 18.0 Å². The first-order chi connectivity index (χ1) is 12.9. The van der Waals surface area contributed by atoms with E-state index in [4.69, 9.17) is 4.42 Å². The van der Waals surface area contributed by atoms with E-state index in [0.717, 1.165) is 25.9 Å².